The first kappa shape index (κ1) is 13.0. The van der Waals surface area contributed by atoms with Crippen molar-refractivity contribution in [3.8, 4) is 5.75 Å². The summed E-state index contributed by atoms with van der Waals surface area (Å²) in [5.74, 6) is 2.58. The molecule has 2 aliphatic rings. The summed E-state index contributed by atoms with van der Waals surface area (Å²) in [5.41, 5.74) is 6.83. The number of anilines is 1. The largest absolute Gasteiger partial charge is 0.497 e. The van der Waals surface area contributed by atoms with Gasteiger partial charge in [-0.25, -0.2) is 0 Å². The highest BCUT2D eigenvalue weighted by molar-refractivity contribution is 7.99. The number of hydrogen-bond acceptors (Lipinski definition) is 5. The van der Waals surface area contributed by atoms with Crippen molar-refractivity contribution in [2.45, 2.75) is 47.7 Å². The van der Waals surface area contributed by atoms with Gasteiger partial charge in [0.05, 0.1) is 7.11 Å². The molecule has 4 rings (SSSR count). The molecule has 0 aliphatic heterocycles. The summed E-state index contributed by atoms with van der Waals surface area (Å²) in [6, 6.07) is 6.36. The third-order valence-electron chi connectivity index (χ3n) is 3.96. The van der Waals surface area contributed by atoms with E-state index in [0.29, 0.717) is 12.0 Å². The van der Waals surface area contributed by atoms with Crippen LogP contribution in [0.2, 0.25) is 0 Å². The Morgan fingerprint density at radius 3 is 2.67 bits per heavy atom. The van der Waals surface area contributed by atoms with Crippen LogP contribution in [-0.2, 0) is 0 Å². The van der Waals surface area contributed by atoms with Crippen LogP contribution < -0.4 is 10.5 Å². The summed E-state index contributed by atoms with van der Waals surface area (Å²) < 4.78 is 7.53. The molecule has 0 amide bonds. The van der Waals surface area contributed by atoms with E-state index in [2.05, 4.69) is 14.8 Å². The van der Waals surface area contributed by atoms with Crippen molar-refractivity contribution in [1.29, 1.82) is 0 Å². The number of nitrogens with two attached hydrogens (primary N) is 1. The molecule has 6 heteroatoms. The Balaban J connectivity index is 1.65. The van der Waals surface area contributed by atoms with E-state index in [4.69, 9.17) is 10.5 Å². The minimum absolute atomic E-state index is 0.595. The lowest BCUT2D eigenvalue weighted by molar-refractivity contribution is 0.415. The van der Waals surface area contributed by atoms with Gasteiger partial charge in [-0.05, 0) is 49.6 Å². The van der Waals surface area contributed by atoms with Gasteiger partial charge < -0.3 is 15.0 Å². The summed E-state index contributed by atoms with van der Waals surface area (Å²) in [7, 11) is 1.65. The van der Waals surface area contributed by atoms with Crippen molar-refractivity contribution in [2.75, 3.05) is 12.8 Å². The average Bonchev–Trinajstić information content (AvgIpc) is 3.40. The van der Waals surface area contributed by atoms with Gasteiger partial charge in [0, 0.05) is 28.6 Å². The Morgan fingerprint density at radius 2 is 2.05 bits per heavy atom. The number of methoxy groups -OCH3 is 1. The summed E-state index contributed by atoms with van der Waals surface area (Å²) in [6.07, 6.45) is 4.98. The predicted octanol–water partition coefficient (Wildman–Crippen LogP) is 3.23. The maximum absolute atomic E-state index is 6.11. The van der Waals surface area contributed by atoms with Crippen LogP contribution >= 0.6 is 11.8 Å². The van der Waals surface area contributed by atoms with Gasteiger partial charge in [0.25, 0.3) is 0 Å². The summed E-state index contributed by atoms with van der Waals surface area (Å²) in [6.45, 7) is 0. The van der Waals surface area contributed by atoms with Crippen molar-refractivity contribution in [1.82, 2.24) is 14.8 Å². The number of aromatic nitrogens is 3. The lowest BCUT2D eigenvalue weighted by Gasteiger charge is -2.10. The van der Waals surface area contributed by atoms with Crippen LogP contribution in [-0.4, -0.2) is 21.9 Å². The van der Waals surface area contributed by atoms with E-state index in [1.54, 1.807) is 18.9 Å². The van der Waals surface area contributed by atoms with E-state index in [1.165, 1.54) is 31.5 Å². The molecule has 5 nitrogen and oxygen atoms in total. The highest BCUT2D eigenvalue weighted by Gasteiger charge is 2.36. The maximum Gasteiger partial charge on any atom is 0.196 e. The van der Waals surface area contributed by atoms with E-state index in [0.717, 1.165) is 21.5 Å². The zero-order chi connectivity index (χ0) is 14.4. The molecule has 0 spiro atoms. The molecule has 2 fully saturated rings. The predicted molar refractivity (Wildman–Crippen MR) is 81.8 cm³/mol. The smallest absolute Gasteiger partial charge is 0.196 e. The van der Waals surface area contributed by atoms with Crippen LogP contribution in [0.4, 0.5) is 5.69 Å². The fourth-order valence-corrected chi connectivity index (χ4v) is 3.43. The monoisotopic (exact) mass is 302 g/mol. The second-order valence-corrected chi connectivity index (χ2v) is 6.73. The minimum atomic E-state index is 0.595. The Labute approximate surface area is 127 Å². The summed E-state index contributed by atoms with van der Waals surface area (Å²) >= 11 is 1.60. The lowest BCUT2D eigenvalue weighted by atomic mass is 10.3. The summed E-state index contributed by atoms with van der Waals surface area (Å²) in [4.78, 5) is 1.01. The molecule has 0 saturated heterocycles. The molecule has 2 N–H and O–H groups in total. The van der Waals surface area contributed by atoms with Crippen LogP contribution in [0.5, 0.6) is 5.75 Å². The summed E-state index contributed by atoms with van der Waals surface area (Å²) in [5, 5.41) is 9.80. The standard InChI is InChI=1S/C15H18N4OS/c1-20-11-6-7-13(12(16)8-11)21-15-18-17-14(9-2-3-9)19(15)10-4-5-10/h6-10H,2-5,16H2,1H3. The maximum atomic E-state index is 6.11. The number of rotatable bonds is 5. The molecule has 110 valence electrons. The van der Waals surface area contributed by atoms with Crippen LogP contribution in [0, 0.1) is 0 Å². The van der Waals surface area contributed by atoms with Crippen LogP contribution in [0.25, 0.3) is 0 Å². The molecule has 0 unspecified atom stereocenters. The van der Waals surface area contributed by atoms with Gasteiger partial charge in [-0.3, -0.25) is 0 Å². The number of nitrogens with zero attached hydrogens (tertiary/aromatic N) is 3. The van der Waals surface area contributed by atoms with Crippen LogP contribution in [0.1, 0.15) is 43.5 Å². The van der Waals surface area contributed by atoms with Gasteiger partial charge in [-0.2, -0.15) is 0 Å². The van der Waals surface area contributed by atoms with Gasteiger partial charge in [-0.1, -0.05) is 0 Å². The number of hydrogen-bond donors (Lipinski definition) is 1. The van der Waals surface area contributed by atoms with E-state index < -0.39 is 0 Å². The molecule has 1 heterocycles. The number of benzene rings is 1. The SMILES string of the molecule is COc1ccc(Sc2nnc(C3CC3)n2C2CC2)c(N)c1. The molecule has 1 aromatic heterocycles. The molecular formula is C15H18N4OS. The number of ether oxygens (including phenoxy) is 1. The fourth-order valence-electron chi connectivity index (χ4n) is 2.50. The second-order valence-electron chi connectivity index (χ2n) is 5.72. The van der Waals surface area contributed by atoms with Gasteiger partial charge in [-0.15, -0.1) is 10.2 Å². The molecular weight excluding hydrogens is 284 g/mol. The van der Waals surface area contributed by atoms with Crippen LogP contribution in [0.3, 0.4) is 0 Å². The van der Waals surface area contributed by atoms with Crippen molar-refractivity contribution in [2.24, 2.45) is 0 Å². The molecule has 21 heavy (non-hydrogen) atoms. The molecule has 0 bridgehead atoms. The van der Waals surface area contributed by atoms with Crippen molar-refractivity contribution in [3.05, 3.63) is 24.0 Å². The average molecular weight is 302 g/mol. The normalized spacial score (nSPS) is 18.0. The Kier molecular flexibility index (Phi) is 3.06. The molecule has 2 aromatic rings. The second kappa shape index (κ2) is 4.94. The van der Waals surface area contributed by atoms with E-state index in [1.807, 2.05) is 18.2 Å². The van der Waals surface area contributed by atoms with Gasteiger partial charge in [0.1, 0.15) is 11.6 Å². The van der Waals surface area contributed by atoms with Crippen LogP contribution in [0.15, 0.2) is 28.3 Å². The van der Waals surface area contributed by atoms with Gasteiger partial charge in [0.2, 0.25) is 0 Å². The lowest BCUT2D eigenvalue weighted by Crippen LogP contribution is -2.02. The third-order valence-corrected chi connectivity index (χ3v) is 5.02. The highest BCUT2D eigenvalue weighted by atomic mass is 32.2. The van der Waals surface area contributed by atoms with Crippen molar-refractivity contribution >= 4 is 17.4 Å². The van der Waals surface area contributed by atoms with E-state index >= 15 is 0 Å². The first-order valence-corrected chi connectivity index (χ1v) is 8.14. The van der Waals surface area contributed by atoms with Crippen molar-refractivity contribution < 1.29 is 4.74 Å². The molecule has 2 aliphatic carbocycles. The Morgan fingerprint density at radius 1 is 1.24 bits per heavy atom. The zero-order valence-corrected chi connectivity index (χ0v) is 12.8. The Hall–Kier alpha value is -1.69. The molecule has 1 aromatic carbocycles. The minimum Gasteiger partial charge on any atom is -0.497 e. The highest BCUT2D eigenvalue weighted by Crippen LogP contribution is 2.47. The van der Waals surface area contributed by atoms with E-state index in [-0.39, 0.29) is 0 Å². The van der Waals surface area contributed by atoms with Crippen molar-refractivity contribution in [3.63, 3.8) is 0 Å². The van der Waals surface area contributed by atoms with E-state index in [9.17, 15) is 0 Å². The first-order chi connectivity index (χ1) is 10.3. The molecule has 0 atom stereocenters. The molecule has 2 saturated carbocycles. The number of nitrogen functional groups attached to an aromatic ring is 1. The van der Waals surface area contributed by atoms with Gasteiger partial charge >= 0.3 is 0 Å². The third kappa shape index (κ3) is 2.48. The van der Waals surface area contributed by atoms with Gasteiger partial charge in [0.15, 0.2) is 5.16 Å². The molecule has 0 radical (unpaired) electrons. The topological polar surface area (TPSA) is 66.0 Å². The quantitative estimate of drug-likeness (QED) is 0.859. The zero-order valence-electron chi connectivity index (χ0n) is 12.0. The fraction of sp³-hybridized carbons (Fsp3) is 0.467. The first-order valence-electron chi connectivity index (χ1n) is 7.32. The Bertz CT molecular complexity index is 676.